The van der Waals surface area contributed by atoms with Gasteiger partial charge in [0, 0.05) is 12.3 Å². The van der Waals surface area contributed by atoms with Gasteiger partial charge in [0.15, 0.2) is 0 Å². The number of aliphatic hydroxyl groups excluding tert-OH is 1. The van der Waals surface area contributed by atoms with Crippen molar-refractivity contribution in [2.45, 2.75) is 38.7 Å². The highest BCUT2D eigenvalue weighted by atomic mass is 16.5. The standard InChI is InChI=1S/C16H23NO3/c1-12-2-6-14(7-3-12)17-16(19)11-20-15-8-4-13(10-18)5-9-15/h2-3,6-7,13,15,18H,4-5,8-11H2,1H3,(H,17,19). The highest BCUT2D eigenvalue weighted by Crippen LogP contribution is 2.25. The van der Waals surface area contributed by atoms with E-state index in [0.29, 0.717) is 5.92 Å². The van der Waals surface area contributed by atoms with Gasteiger partial charge in [0.05, 0.1) is 6.10 Å². The Kier molecular flexibility index (Phi) is 5.56. The average molecular weight is 277 g/mol. The summed E-state index contributed by atoms with van der Waals surface area (Å²) in [7, 11) is 0. The molecule has 2 rings (SSSR count). The van der Waals surface area contributed by atoms with Crippen molar-refractivity contribution >= 4 is 11.6 Å². The second-order valence-electron chi connectivity index (χ2n) is 5.55. The van der Waals surface area contributed by atoms with E-state index >= 15 is 0 Å². The summed E-state index contributed by atoms with van der Waals surface area (Å²) in [6.45, 7) is 2.38. The van der Waals surface area contributed by atoms with Crippen LogP contribution in [0.5, 0.6) is 0 Å². The number of hydrogen-bond acceptors (Lipinski definition) is 3. The van der Waals surface area contributed by atoms with E-state index in [1.54, 1.807) is 0 Å². The minimum absolute atomic E-state index is 0.0995. The molecule has 1 aromatic rings. The van der Waals surface area contributed by atoms with Crippen molar-refractivity contribution in [3.63, 3.8) is 0 Å². The summed E-state index contributed by atoms with van der Waals surface area (Å²) in [6.07, 6.45) is 4.00. The van der Waals surface area contributed by atoms with E-state index in [0.717, 1.165) is 31.4 Å². The van der Waals surface area contributed by atoms with Crippen LogP contribution in [0.4, 0.5) is 5.69 Å². The summed E-state index contributed by atoms with van der Waals surface area (Å²) in [4.78, 5) is 11.8. The van der Waals surface area contributed by atoms with Crippen LogP contribution in [0.15, 0.2) is 24.3 Å². The molecule has 1 fully saturated rings. The minimum atomic E-state index is -0.113. The third kappa shape index (κ3) is 4.62. The maximum absolute atomic E-state index is 11.8. The number of ether oxygens (including phenoxy) is 1. The molecule has 0 saturated heterocycles. The lowest BCUT2D eigenvalue weighted by Crippen LogP contribution is -2.27. The van der Waals surface area contributed by atoms with E-state index in [2.05, 4.69) is 5.32 Å². The summed E-state index contributed by atoms with van der Waals surface area (Å²) < 4.78 is 5.64. The Morgan fingerprint density at radius 1 is 1.25 bits per heavy atom. The van der Waals surface area contributed by atoms with Crippen molar-refractivity contribution in [3.05, 3.63) is 29.8 Å². The highest BCUT2D eigenvalue weighted by Gasteiger charge is 2.21. The largest absolute Gasteiger partial charge is 0.396 e. The van der Waals surface area contributed by atoms with Gasteiger partial charge < -0.3 is 15.2 Å². The van der Waals surface area contributed by atoms with Crippen LogP contribution in [0.2, 0.25) is 0 Å². The Bertz CT molecular complexity index is 422. The lowest BCUT2D eigenvalue weighted by atomic mass is 9.88. The monoisotopic (exact) mass is 277 g/mol. The Hall–Kier alpha value is -1.39. The molecule has 0 atom stereocenters. The smallest absolute Gasteiger partial charge is 0.250 e. The summed E-state index contributed by atoms with van der Waals surface area (Å²) in [5.74, 6) is 0.300. The van der Waals surface area contributed by atoms with Gasteiger partial charge in [0.25, 0.3) is 0 Å². The number of nitrogens with one attached hydrogen (secondary N) is 1. The molecule has 0 heterocycles. The van der Waals surface area contributed by atoms with E-state index in [1.165, 1.54) is 5.56 Å². The topological polar surface area (TPSA) is 58.6 Å². The molecule has 110 valence electrons. The number of amides is 1. The van der Waals surface area contributed by atoms with Crippen LogP contribution >= 0.6 is 0 Å². The predicted octanol–water partition coefficient (Wildman–Crippen LogP) is 2.50. The number of carbonyl (C=O) groups excluding carboxylic acids is 1. The molecule has 4 nitrogen and oxygen atoms in total. The number of carbonyl (C=O) groups is 1. The first kappa shape index (κ1) is 15.0. The Labute approximate surface area is 120 Å². The lowest BCUT2D eigenvalue weighted by molar-refractivity contribution is -0.123. The SMILES string of the molecule is Cc1ccc(NC(=O)COC2CCC(CO)CC2)cc1. The van der Waals surface area contributed by atoms with Gasteiger partial charge in [-0.1, -0.05) is 17.7 Å². The molecule has 1 aromatic carbocycles. The first-order valence-corrected chi connectivity index (χ1v) is 7.26. The molecule has 0 aliphatic heterocycles. The molecule has 2 N–H and O–H groups in total. The molecule has 4 heteroatoms. The predicted molar refractivity (Wildman–Crippen MR) is 78.6 cm³/mol. The second kappa shape index (κ2) is 7.41. The van der Waals surface area contributed by atoms with Crippen LogP contribution < -0.4 is 5.32 Å². The first-order chi connectivity index (χ1) is 9.67. The fraction of sp³-hybridized carbons (Fsp3) is 0.562. The van der Waals surface area contributed by atoms with E-state index in [-0.39, 0.29) is 25.2 Å². The van der Waals surface area contributed by atoms with E-state index in [1.807, 2.05) is 31.2 Å². The maximum Gasteiger partial charge on any atom is 0.250 e. The zero-order valence-corrected chi connectivity index (χ0v) is 12.0. The fourth-order valence-electron chi connectivity index (χ4n) is 2.51. The van der Waals surface area contributed by atoms with Gasteiger partial charge in [-0.25, -0.2) is 0 Å². The van der Waals surface area contributed by atoms with Crippen molar-refractivity contribution < 1.29 is 14.6 Å². The van der Waals surface area contributed by atoms with Gasteiger partial charge in [-0.15, -0.1) is 0 Å². The second-order valence-corrected chi connectivity index (χ2v) is 5.55. The maximum atomic E-state index is 11.8. The van der Waals surface area contributed by atoms with Crippen molar-refractivity contribution in [3.8, 4) is 0 Å². The number of anilines is 1. The van der Waals surface area contributed by atoms with Crippen molar-refractivity contribution in [1.82, 2.24) is 0 Å². The van der Waals surface area contributed by atoms with Crippen molar-refractivity contribution in [1.29, 1.82) is 0 Å². The molecular weight excluding hydrogens is 254 g/mol. The molecule has 1 aliphatic rings. The van der Waals surface area contributed by atoms with Crippen LogP contribution in [0, 0.1) is 12.8 Å². The molecule has 0 unspecified atom stereocenters. The van der Waals surface area contributed by atoms with E-state index in [4.69, 9.17) is 9.84 Å². The summed E-state index contributed by atoms with van der Waals surface area (Å²) in [5.41, 5.74) is 1.97. The zero-order valence-electron chi connectivity index (χ0n) is 12.0. The highest BCUT2D eigenvalue weighted by molar-refractivity contribution is 5.91. The molecule has 20 heavy (non-hydrogen) atoms. The molecule has 0 spiro atoms. The quantitative estimate of drug-likeness (QED) is 0.869. The molecule has 0 bridgehead atoms. The number of aliphatic hydroxyl groups is 1. The van der Waals surface area contributed by atoms with Gasteiger partial charge in [-0.2, -0.15) is 0 Å². The minimum Gasteiger partial charge on any atom is -0.396 e. The van der Waals surface area contributed by atoms with Gasteiger partial charge in [0.2, 0.25) is 5.91 Å². The zero-order chi connectivity index (χ0) is 14.4. The van der Waals surface area contributed by atoms with E-state index in [9.17, 15) is 4.79 Å². The first-order valence-electron chi connectivity index (χ1n) is 7.26. The number of hydrogen-bond donors (Lipinski definition) is 2. The molecular formula is C16H23NO3. The van der Waals surface area contributed by atoms with Crippen LogP contribution in [0.3, 0.4) is 0 Å². The molecule has 1 amide bonds. The average Bonchev–Trinajstić information content (AvgIpc) is 2.48. The third-order valence-corrected chi connectivity index (χ3v) is 3.84. The van der Waals surface area contributed by atoms with Crippen molar-refractivity contribution in [2.24, 2.45) is 5.92 Å². The van der Waals surface area contributed by atoms with Crippen molar-refractivity contribution in [2.75, 3.05) is 18.5 Å². The molecule has 0 radical (unpaired) electrons. The molecule has 0 aromatic heterocycles. The summed E-state index contributed by atoms with van der Waals surface area (Å²) >= 11 is 0. The van der Waals surface area contributed by atoms with E-state index < -0.39 is 0 Å². The summed E-state index contributed by atoms with van der Waals surface area (Å²) in [5, 5.41) is 11.9. The van der Waals surface area contributed by atoms with Crippen LogP contribution in [-0.4, -0.2) is 30.3 Å². The molecule has 1 aliphatic carbocycles. The lowest BCUT2D eigenvalue weighted by Gasteiger charge is -2.27. The Morgan fingerprint density at radius 2 is 1.90 bits per heavy atom. The number of benzene rings is 1. The van der Waals surface area contributed by atoms with Gasteiger partial charge in [-0.05, 0) is 50.7 Å². The third-order valence-electron chi connectivity index (χ3n) is 3.84. The van der Waals surface area contributed by atoms with Crippen LogP contribution in [0.25, 0.3) is 0 Å². The van der Waals surface area contributed by atoms with Gasteiger partial charge in [-0.3, -0.25) is 4.79 Å². The normalized spacial score (nSPS) is 22.5. The van der Waals surface area contributed by atoms with Gasteiger partial charge >= 0.3 is 0 Å². The molecule has 1 saturated carbocycles. The fourth-order valence-corrected chi connectivity index (χ4v) is 2.51. The Balaban J connectivity index is 1.69. The Morgan fingerprint density at radius 3 is 2.50 bits per heavy atom. The van der Waals surface area contributed by atoms with Gasteiger partial charge in [0.1, 0.15) is 6.61 Å². The van der Waals surface area contributed by atoms with Crippen LogP contribution in [0.1, 0.15) is 31.2 Å². The summed E-state index contributed by atoms with van der Waals surface area (Å²) in [6, 6.07) is 7.71. The van der Waals surface area contributed by atoms with Crippen LogP contribution in [-0.2, 0) is 9.53 Å². The number of rotatable bonds is 5. The number of aryl methyl sites for hydroxylation is 1.